The molecule has 0 spiro atoms. The highest BCUT2D eigenvalue weighted by Crippen LogP contribution is 2.34. The molecule has 1 atom stereocenters. The summed E-state index contributed by atoms with van der Waals surface area (Å²) >= 11 is 7.50. The first-order valence-corrected chi connectivity index (χ1v) is 9.47. The molecule has 0 bridgehead atoms. The molecular weight excluding hydrogens is 384 g/mol. The number of ether oxygens (including phenoxy) is 1. The summed E-state index contributed by atoms with van der Waals surface area (Å²) < 4.78 is 7.52. The summed E-state index contributed by atoms with van der Waals surface area (Å²) in [7, 11) is 1.86. The SMILES string of the molecule is Cc1ccc(OC(C)C(=O)Nc2cc(Cl)ccc2Sc2nncn2C)cc1. The van der Waals surface area contributed by atoms with E-state index in [0.717, 1.165) is 10.5 Å². The molecular formula is C19H19ClN4O2S. The zero-order valence-electron chi connectivity index (χ0n) is 15.1. The van der Waals surface area contributed by atoms with Gasteiger partial charge in [0.2, 0.25) is 0 Å². The Bertz CT molecular complexity index is 943. The average Bonchev–Trinajstić information content (AvgIpc) is 3.04. The van der Waals surface area contributed by atoms with Gasteiger partial charge in [-0.25, -0.2) is 0 Å². The van der Waals surface area contributed by atoms with Crippen LogP contribution in [-0.4, -0.2) is 26.8 Å². The van der Waals surface area contributed by atoms with Crippen molar-refractivity contribution < 1.29 is 9.53 Å². The van der Waals surface area contributed by atoms with Crippen molar-refractivity contribution >= 4 is 35.0 Å². The Morgan fingerprint density at radius 3 is 2.67 bits per heavy atom. The van der Waals surface area contributed by atoms with E-state index in [-0.39, 0.29) is 5.91 Å². The number of benzene rings is 2. The molecule has 0 aliphatic heterocycles. The minimum absolute atomic E-state index is 0.266. The summed E-state index contributed by atoms with van der Waals surface area (Å²) in [6.45, 7) is 3.70. The summed E-state index contributed by atoms with van der Waals surface area (Å²) in [6.07, 6.45) is 0.952. The number of nitrogens with zero attached hydrogens (tertiary/aromatic N) is 3. The summed E-state index contributed by atoms with van der Waals surface area (Å²) in [5.41, 5.74) is 1.73. The smallest absolute Gasteiger partial charge is 0.265 e. The van der Waals surface area contributed by atoms with Crippen LogP contribution in [0.5, 0.6) is 5.75 Å². The topological polar surface area (TPSA) is 69.0 Å². The van der Waals surface area contributed by atoms with Crippen LogP contribution in [0.2, 0.25) is 5.02 Å². The molecule has 1 amide bonds. The van der Waals surface area contributed by atoms with Crippen molar-refractivity contribution in [2.24, 2.45) is 7.05 Å². The number of carbonyl (C=O) groups is 1. The summed E-state index contributed by atoms with van der Waals surface area (Å²) in [4.78, 5) is 13.4. The van der Waals surface area contributed by atoms with Gasteiger partial charge >= 0.3 is 0 Å². The monoisotopic (exact) mass is 402 g/mol. The normalized spacial score (nSPS) is 11.9. The number of aryl methyl sites for hydroxylation is 2. The van der Waals surface area contributed by atoms with Gasteiger partial charge in [0.1, 0.15) is 12.1 Å². The van der Waals surface area contributed by atoms with E-state index in [0.29, 0.717) is 21.6 Å². The molecule has 8 heteroatoms. The van der Waals surface area contributed by atoms with Crippen LogP contribution < -0.4 is 10.1 Å². The Balaban J connectivity index is 1.73. The van der Waals surface area contributed by atoms with E-state index >= 15 is 0 Å². The predicted molar refractivity (Wildman–Crippen MR) is 106 cm³/mol. The number of hydrogen-bond donors (Lipinski definition) is 1. The Hall–Kier alpha value is -2.51. The predicted octanol–water partition coefficient (Wildman–Crippen LogP) is 4.33. The molecule has 0 aliphatic rings. The number of rotatable bonds is 6. The van der Waals surface area contributed by atoms with Crippen LogP contribution in [0.25, 0.3) is 0 Å². The average molecular weight is 403 g/mol. The number of anilines is 1. The molecule has 1 unspecified atom stereocenters. The Morgan fingerprint density at radius 2 is 2.00 bits per heavy atom. The van der Waals surface area contributed by atoms with Crippen molar-refractivity contribution in [1.29, 1.82) is 0 Å². The molecule has 0 radical (unpaired) electrons. The fourth-order valence-electron chi connectivity index (χ4n) is 2.26. The maximum Gasteiger partial charge on any atom is 0.265 e. The molecule has 1 heterocycles. The first-order chi connectivity index (χ1) is 12.9. The van der Waals surface area contributed by atoms with Crippen molar-refractivity contribution in [3.8, 4) is 5.75 Å². The first kappa shape index (κ1) is 19.3. The number of nitrogens with one attached hydrogen (secondary N) is 1. The van der Waals surface area contributed by atoms with Crippen LogP contribution in [0.4, 0.5) is 5.69 Å². The molecule has 6 nitrogen and oxygen atoms in total. The van der Waals surface area contributed by atoms with Crippen LogP contribution in [0.15, 0.2) is 58.8 Å². The largest absolute Gasteiger partial charge is 0.481 e. The van der Waals surface area contributed by atoms with Gasteiger partial charge in [-0.05, 0) is 55.9 Å². The molecule has 27 heavy (non-hydrogen) atoms. The number of carbonyl (C=O) groups excluding carboxylic acids is 1. The third kappa shape index (κ3) is 5.02. The second-order valence-corrected chi connectivity index (χ2v) is 7.47. The molecule has 0 aliphatic carbocycles. The fourth-order valence-corrected chi connectivity index (χ4v) is 3.26. The molecule has 3 aromatic rings. The molecule has 1 N–H and O–H groups in total. The third-order valence-electron chi connectivity index (χ3n) is 3.77. The molecule has 1 aromatic heterocycles. The third-order valence-corrected chi connectivity index (χ3v) is 5.14. The number of aromatic nitrogens is 3. The van der Waals surface area contributed by atoms with Crippen LogP contribution in [0.3, 0.4) is 0 Å². The van der Waals surface area contributed by atoms with Gasteiger partial charge in [0.05, 0.1) is 5.69 Å². The number of halogens is 1. The second-order valence-electron chi connectivity index (χ2n) is 6.03. The van der Waals surface area contributed by atoms with Gasteiger partial charge in [0.15, 0.2) is 11.3 Å². The first-order valence-electron chi connectivity index (χ1n) is 8.28. The van der Waals surface area contributed by atoms with Gasteiger partial charge in [0.25, 0.3) is 5.91 Å². The number of hydrogen-bond acceptors (Lipinski definition) is 5. The van der Waals surface area contributed by atoms with Crippen molar-refractivity contribution in [3.05, 3.63) is 59.4 Å². The highest BCUT2D eigenvalue weighted by atomic mass is 35.5. The summed E-state index contributed by atoms with van der Waals surface area (Å²) in [6, 6.07) is 12.9. The van der Waals surface area contributed by atoms with Gasteiger partial charge < -0.3 is 14.6 Å². The van der Waals surface area contributed by atoms with Crippen molar-refractivity contribution in [2.75, 3.05) is 5.32 Å². The second kappa shape index (κ2) is 8.45. The Labute approximate surface area is 166 Å². The van der Waals surface area contributed by atoms with E-state index in [9.17, 15) is 4.79 Å². The van der Waals surface area contributed by atoms with Gasteiger partial charge in [-0.1, -0.05) is 29.3 Å². The lowest BCUT2D eigenvalue weighted by molar-refractivity contribution is -0.122. The van der Waals surface area contributed by atoms with Crippen molar-refractivity contribution in [1.82, 2.24) is 14.8 Å². The van der Waals surface area contributed by atoms with E-state index in [1.807, 2.05) is 44.3 Å². The molecule has 140 valence electrons. The summed E-state index contributed by atoms with van der Waals surface area (Å²) in [5, 5.41) is 12.0. The highest BCUT2D eigenvalue weighted by Gasteiger charge is 2.18. The summed E-state index contributed by atoms with van der Waals surface area (Å²) in [5.74, 6) is 0.376. The maximum absolute atomic E-state index is 12.6. The molecule has 0 saturated carbocycles. The van der Waals surface area contributed by atoms with Gasteiger partial charge in [-0.15, -0.1) is 10.2 Å². The molecule has 2 aromatic carbocycles. The van der Waals surface area contributed by atoms with Crippen LogP contribution in [-0.2, 0) is 11.8 Å². The minimum atomic E-state index is -0.667. The Kier molecular flexibility index (Phi) is 6.03. The van der Waals surface area contributed by atoms with Gasteiger partial charge in [-0.2, -0.15) is 0 Å². The van der Waals surface area contributed by atoms with Gasteiger partial charge in [-0.3, -0.25) is 4.79 Å². The van der Waals surface area contributed by atoms with Crippen LogP contribution >= 0.6 is 23.4 Å². The van der Waals surface area contributed by atoms with E-state index in [4.69, 9.17) is 16.3 Å². The molecule has 0 saturated heterocycles. The lowest BCUT2D eigenvalue weighted by atomic mass is 10.2. The van der Waals surface area contributed by atoms with Crippen molar-refractivity contribution in [3.63, 3.8) is 0 Å². The lowest BCUT2D eigenvalue weighted by Gasteiger charge is -2.16. The standard InChI is InChI=1S/C19H19ClN4O2S/c1-12-4-7-15(8-5-12)26-13(2)18(25)22-16-10-14(20)6-9-17(16)27-19-23-21-11-24(19)3/h4-11,13H,1-3H3,(H,22,25). The van der Waals surface area contributed by atoms with E-state index in [1.165, 1.54) is 11.8 Å². The Morgan fingerprint density at radius 1 is 1.26 bits per heavy atom. The molecule has 0 fully saturated rings. The zero-order valence-corrected chi connectivity index (χ0v) is 16.7. The lowest BCUT2D eigenvalue weighted by Crippen LogP contribution is -2.30. The van der Waals surface area contributed by atoms with Crippen LogP contribution in [0, 0.1) is 6.92 Å². The zero-order chi connectivity index (χ0) is 19.4. The highest BCUT2D eigenvalue weighted by molar-refractivity contribution is 7.99. The molecule has 3 rings (SSSR count). The maximum atomic E-state index is 12.6. The van der Waals surface area contributed by atoms with E-state index < -0.39 is 6.10 Å². The quantitative estimate of drug-likeness (QED) is 0.664. The van der Waals surface area contributed by atoms with E-state index in [1.54, 1.807) is 30.0 Å². The minimum Gasteiger partial charge on any atom is -0.481 e. The van der Waals surface area contributed by atoms with Crippen molar-refractivity contribution in [2.45, 2.75) is 30.0 Å². The van der Waals surface area contributed by atoms with Crippen LogP contribution in [0.1, 0.15) is 12.5 Å². The van der Waals surface area contributed by atoms with E-state index in [2.05, 4.69) is 15.5 Å². The fraction of sp³-hybridized carbons (Fsp3) is 0.211. The number of amides is 1. The van der Waals surface area contributed by atoms with Gasteiger partial charge in [0, 0.05) is 17.0 Å².